The monoisotopic (exact) mass is 271 g/mol. The maximum Gasteiger partial charge on any atom is 0.251 e. The molecule has 0 saturated carbocycles. The van der Waals surface area contributed by atoms with Gasteiger partial charge in [0.15, 0.2) is 0 Å². The van der Waals surface area contributed by atoms with Gasteiger partial charge in [-0.05, 0) is 43.9 Å². The molecule has 0 aromatic heterocycles. The molecule has 2 aliphatic heterocycles. The van der Waals surface area contributed by atoms with Crippen molar-refractivity contribution in [2.24, 2.45) is 0 Å². The van der Waals surface area contributed by atoms with E-state index in [1.807, 2.05) is 0 Å². The number of rotatable bonds is 1. The fraction of sp³-hybridized carbons (Fsp3) is 0.438. The normalized spacial score (nSPS) is 26.4. The second-order valence-corrected chi connectivity index (χ2v) is 5.82. The van der Waals surface area contributed by atoms with Crippen LogP contribution in [-0.2, 0) is 4.79 Å². The van der Waals surface area contributed by atoms with E-state index in [1.165, 1.54) is 11.3 Å². The van der Waals surface area contributed by atoms with Gasteiger partial charge in [-0.25, -0.2) is 0 Å². The Morgan fingerprint density at radius 1 is 1.30 bits per heavy atom. The summed E-state index contributed by atoms with van der Waals surface area (Å²) in [6.07, 6.45) is 2.67. The van der Waals surface area contributed by atoms with E-state index >= 15 is 0 Å². The van der Waals surface area contributed by atoms with Crippen LogP contribution in [0.25, 0.3) is 0 Å². The Balaban J connectivity index is 1.77. The number of benzene rings is 1. The van der Waals surface area contributed by atoms with E-state index < -0.39 is 5.54 Å². The molecular formula is C16H21N3O. The minimum absolute atomic E-state index is 0.0774. The molecule has 1 aromatic carbocycles. The summed E-state index contributed by atoms with van der Waals surface area (Å²) in [4.78, 5) is 14.5. The highest BCUT2D eigenvalue weighted by Gasteiger charge is 2.44. The fourth-order valence-corrected chi connectivity index (χ4v) is 3.20. The number of carbonyl (C=O) groups excluding carboxylic acids is 1. The maximum absolute atomic E-state index is 12.2. The number of carbonyl (C=O) groups is 1. The van der Waals surface area contributed by atoms with Crippen LogP contribution in [0.3, 0.4) is 0 Å². The standard InChI is InChI=1S/C16H21N3O/c1-12-5-3-6-14(11-12)19-9-4-7-16(8-10-19)15(20)17-13(2)18-16/h3,5-6,11,18H,2,4,7-10H2,1H3,(H,17,20). The minimum Gasteiger partial charge on any atom is -0.371 e. The number of aryl methyl sites for hydroxylation is 1. The van der Waals surface area contributed by atoms with Gasteiger partial charge in [-0.15, -0.1) is 0 Å². The van der Waals surface area contributed by atoms with Gasteiger partial charge in [0.05, 0.1) is 5.82 Å². The van der Waals surface area contributed by atoms with Gasteiger partial charge in [0, 0.05) is 18.8 Å². The van der Waals surface area contributed by atoms with Crippen LogP contribution in [0.2, 0.25) is 0 Å². The Morgan fingerprint density at radius 2 is 2.15 bits per heavy atom. The molecule has 1 amide bonds. The van der Waals surface area contributed by atoms with Crippen LogP contribution >= 0.6 is 0 Å². The lowest BCUT2D eigenvalue weighted by Gasteiger charge is -2.26. The van der Waals surface area contributed by atoms with Gasteiger partial charge in [-0.2, -0.15) is 0 Å². The third-order valence-electron chi connectivity index (χ3n) is 4.30. The number of nitrogens with zero attached hydrogens (tertiary/aromatic N) is 1. The van der Waals surface area contributed by atoms with Crippen LogP contribution in [0.1, 0.15) is 24.8 Å². The summed E-state index contributed by atoms with van der Waals surface area (Å²) in [5, 5.41) is 6.07. The Labute approximate surface area is 119 Å². The molecule has 2 N–H and O–H groups in total. The van der Waals surface area contributed by atoms with Crippen LogP contribution < -0.4 is 15.5 Å². The molecule has 106 valence electrons. The van der Waals surface area contributed by atoms with Gasteiger partial charge in [-0.1, -0.05) is 18.7 Å². The molecule has 0 radical (unpaired) electrons. The number of hydrogen-bond acceptors (Lipinski definition) is 3. The van der Waals surface area contributed by atoms with Crippen molar-refractivity contribution in [1.82, 2.24) is 10.6 Å². The molecule has 1 spiro atoms. The van der Waals surface area contributed by atoms with Crippen LogP contribution in [0, 0.1) is 6.92 Å². The van der Waals surface area contributed by atoms with E-state index in [0.717, 1.165) is 32.4 Å². The molecule has 3 rings (SSSR count). The van der Waals surface area contributed by atoms with Crippen LogP contribution in [0.15, 0.2) is 36.7 Å². The SMILES string of the molecule is C=C1NC(=O)C2(CCCN(c3cccc(C)c3)CC2)N1. The maximum atomic E-state index is 12.2. The quantitative estimate of drug-likeness (QED) is 0.820. The zero-order valence-electron chi connectivity index (χ0n) is 11.9. The number of anilines is 1. The summed E-state index contributed by atoms with van der Waals surface area (Å²) in [6.45, 7) is 7.81. The van der Waals surface area contributed by atoms with Crippen LogP contribution in [-0.4, -0.2) is 24.5 Å². The van der Waals surface area contributed by atoms with E-state index in [1.54, 1.807) is 0 Å². The largest absolute Gasteiger partial charge is 0.371 e. The number of nitrogens with one attached hydrogen (secondary N) is 2. The predicted octanol–water partition coefficient (Wildman–Crippen LogP) is 1.91. The second kappa shape index (κ2) is 4.85. The molecule has 2 aliphatic rings. The van der Waals surface area contributed by atoms with Gasteiger partial charge < -0.3 is 15.5 Å². The molecule has 2 saturated heterocycles. The first-order valence-electron chi connectivity index (χ1n) is 7.19. The van der Waals surface area contributed by atoms with E-state index in [2.05, 4.69) is 53.3 Å². The Kier molecular flexibility index (Phi) is 3.16. The van der Waals surface area contributed by atoms with Crippen molar-refractivity contribution in [2.75, 3.05) is 18.0 Å². The second-order valence-electron chi connectivity index (χ2n) is 5.82. The van der Waals surface area contributed by atoms with Crippen LogP contribution in [0.4, 0.5) is 5.69 Å². The van der Waals surface area contributed by atoms with E-state index in [4.69, 9.17) is 0 Å². The van der Waals surface area contributed by atoms with Crippen molar-refractivity contribution < 1.29 is 4.79 Å². The summed E-state index contributed by atoms with van der Waals surface area (Å²) >= 11 is 0. The Hall–Kier alpha value is -1.97. The molecule has 2 fully saturated rings. The first kappa shape index (κ1) is 13.0. The molecule has 1 unspecified atom stereocenters. The van der Waals surface area contributed by atoms with Crippen LogP contribution in [0.5, 0.6) is 0 Å². The van der Waals surface area contributed by atoms with Gasteiger partial charge in [-0.3, -0.25) is 4.79 Å². The highest BCUT2D eigenvalue weighted by Crippen LogP contribution is 2.29. The highest BCUT2D eigenvalue weighted by atomic mass is 16.2. The molecular weight excluding hydrogens is 250 g/mol. The Morgan fingerprint density at radius 3 is 2.85 bits per heavy atom. The third kappa shape index (κ3) is 2.26. The van der Waals surface area contributed by atoms with Crippen molar-refractivity contribution in [2.45, 2.75) is 31.7 Å². The molecule has 4 nitrogen and oxygen atoms in total. The predicted molar refractivity (Wildman–Crippen MR) is 80.4 cm³/mol. The lowest BCUT2D eigenvalue weighted by molar-refractivity contribution is -0.124. The van der Waals surface area contributed by atoms with Gasteiger partial charge >= 0.3 is 0 Å². The Bertz CT molecular complexity index is 554. The average molecular weight is 271 g/mol. The average Bonchev–Trinajstić information content (AvgIpc) is 2.59. The van der Waals surface area contributed by atoms with Gasteiger partial charge in [0.2, 0.25) is 0 Å². The molecule has 1 aromatic rings. The summed E-state index contributed by atoms with van der Waals surface area (Å²) in [7, 11) is 0. The smallest absolute Gasteiger partial charge is 0.251 e. The summed E-state index contributed by atoms with van der Waals surface area (Å²) in [5.41, 5.74) is 2.07. The third-order valence-corrected chi connectivity index (χ3v) is 4.30. The van der Waals surface area contributed by atoms with Crippen molar-refractivity contribution in [3.8, 4) is 0 Å². The van der Waals surface area contributed by atoms with E-state index in [-0.39, 0.29) is 5.91 Å². The first-order valence-corrected chi connectivity index (χ1v) is 7.19. The topological polar surface area (TPSA) is 44.4 Å². The minimum atomic E-state index is -0.449. The lowest BCUT2D eigenvalue weighted by Crippen LogP contribution is -2.46. The molecule has 0 aliphatic carbocycles. The summed E-state index contributed by atoms with van der Waals surface area (Å²) in [6, 6.07) is 8.55. The summed E-state index contributed by atoms with van der Waals surface area (Å²) < 4.78 is 0. The van der Waals surface area contributed by atoms with Crippen molar-refractivity contribution in [1.29, 1.82) is 0 Å². The molecule has 4 heteroatoms. The van der Waals surface area contributed by atoms with Gasteiger partial charge in [0.1, 0.15) is 5.54 Å². The highest BCUT2D eigenvalue weighted by molar-refractivity contribution is 5.90. The zero-order chi connectivity index (χ0) is 14.2. The number of hydrogen-bond donors (Lipinski definition) is 2. The van der Waals surface area contributed by atoms with E-state index in [9.17, 15) is 4.79 Å². The summed E-state index contributed by atoms with van der Waals surface area (Å²) in [5.74, 6) is 0.715. The molecule has 20 heavy (non-hydrogen) atoms. The molecule has 2 heterocycles. The number of amides is 1. The fourth-order valence-electron chi connectivity index (χ4n) is 3.20. The first-order chi connectivity index (χ1) is 9.59. The van der Waals surface area contributed by atoms with Gasteiger partial charge in [0.25, 0.3) is 5.91 Å². The molecule has 0 bridgehead atoms. The molecule has 1 atom stereocenters. The van der Waals surface area contributed by atoms with Crippen molar-refractivity contribution in [3.63, 3.8) is 0 Å². The van der Waals surface area contributed by atoms with Crippen molar-refractivity contribution in [3.05, 3.63) is 42.2 Å². The zero-order valence-corrected chi connectivity index (χ0v) is 11.9. The lowest BCUT2D eigenvalue weighted by atomic mass is 9.91. The van der Waals surface area contributed by atoms with Crippen molar-refractivity contribution >= 4 is 11.6 Å². The van der Waals surface area contributed by atoms with E-state index in [0.29, 0.717) is 5.82 Å².